The highest BCUT2D eigenvalue weighted by molar-refractivity contribution is 6.39. The summed E-state index contributed by atoms with van der Waals surface area (Å²) in [6.45, 7) is 1.82. The molecule has 4 heteroatoms. The monoisotopic (exact) mass is 265 g/mol. The van der Waals surface area contributed by atoms with Gasteiger partial charge in [-0.05, 0) is 31.2 Å². The third-order valence-corrected chi connectivity index (χ3v) is 2.96. The SMILES string of the molecule is Cc1cc(C=O)cc(-c2c(Cl)cccc2Cl)n1. The fourth-order valence-corrected chi connectivity index (χ4v) is 2.22. The van der Waals surface area contributed by atoms with Crippen molar-refractivity contribution in [1.82, 2.24) is 4.98 Å². The van der Waals surface area contributed by atoms with Crippen molar-refractivity contribution >= 4 is 29.5 Å². The maximum atomic E-state index is 10.8. The highest BCUT2D eigenvalue weighted by Gasteiger charge is 2.10. The van der Waals surface area contributed by atoms with Crippen LogP contribution in [0.25, 0.3) is 11.3 Å². The summed E-state index contributed by atoms with van der Waals surface area (Å²) in [7, 11) is 0. The number of nitrogens with zero attached hydrogens (tertiary/aromatic N) is 1. The molecule has 0 radical (unpaired) electrons. The molecule has 0 aliphatic carbocycles. The van der Waals surface area contributed by atoms with E-state index in [2.05, 4.69) is 4.98 Å². The molecule has 86 valence electrons. The second-order valence-corrected chi connectivity index (χ2v) is 4.46. The number of aromatic nitrogens is 1. The van der Waals surface area contributed by atoms with E-state index >= 15 is 0 Å². The number of aryl methyl sites for hydroxylation is 1. The second-order valence-electron chi connectivity index (χ2n) is 3.64. The predicted molar refractivity (Wildman–Crippen MR) is 69.8 cm³/mol. The van der Waals surface area contributed by atoms with Crippen LogP contribution in [-0.2, 0) is 0 Å². The normalized spacial score (nSPS) is 10.3. The van der Waals surface area contributed by atoms with Gasteiger partial charge in [-0.3, -0.25) is 9.78 Å². The van der Waals surface area contributed by atoms with Crippen LogP contribution in [0.1, 0.15) is 16.1 Å². The summed E-state index contributed by atoms with van der Waals surface area (Å²) in [5.41, 5.74) is 2.58. The third kappa shape index (κ3) is 2.48. The molecular weight excluding hydrogens is 257 g/mol. The Morgan fingerprint density at radius 3 is 2.41 bits per heavy atom. The lowest BCUT2D eigenvalue weighted by Gasteiger charge is -2.07. The molecule has 1 aromatic carbocycles. The van der Waals surface area contributed by atoms with Crippen molar-refractivity contribution in [3.8, 4) is 11.3 Å². The molecular formula is C13H9Cl2NO. The minimum absolute atomic E-state index is 0.521. The topological polar surface area (TPSA) is 30.0 Å². The van der Waals surface area contributed by atoms with E-state index in [-0.39, 0.29) is 0 Å². The number of rotatable bonds is 2. The van der Waals surface area contributed by atoms with E-state index in [1.165, 1.54) is 0 Å². The van der Waals surface area contributed by atoms with E-state index in [1.807, 2.05) is 6.92 Å². The van der Waals surface area contributed by atoms with E-state index in [0.717, 1.165) is 12.0 Å². The third-order valence-electron chi connectivity index (χ3n) is 2.33. The number of halogens is 2. The van der Waals surface area contributed by atoms with Gasteiger partial charge in [0.2, 0.25) is 0 Å². The van der Waals surface area contributed by atoms with Gasteiger partial charge >= 0.3 is 0 Å². The summed E-state index contributed by atoms with van der Waals surface area (Å²) in [6.07, 6.45) is 0.781. The zero-order valence-electron chi connectivity index (χ0n) is 9.08. The van der Waals surface area contributed by atoms with Gasteiger partial charge in [0, 0.05) is 16.8 Å². The standard InChI is InChI=1S/C13H9Cl2NO/c1-8-5-9(7-17)6-12(16-8)13-10(14)3-2-4-11(13)15/h2-7H,1H3. The molecule has 2 nitrogen and oxygen atoms in total. The van der Waals surface area contributed by atoms with Gasteiger partial charge in [-0.2, -0.15) is 0 Å². The lowest BCUT2D eigenvalue weighted by Crippen LogP contribution is -1.92. The Morgan fingerprint density at radius 1 is 1.18 bits per heavy atom. The van der Waals surface area contributed by atoms with Crippen LogP contribution in [0.15, 0.2) is 30.3 Å². The van der Waals surface area contributed by atoms with Gasteiger partial charge < -0.3 is 0 Å². The minimum atomic E-state index is 0.521. The molecule has 0 spiro atoms. The molecule has 1 heterocycles. The number of benzene rings is 1. The van der Waals surface area contributed by atoms with Gasteiger partial charge in [0.1, 0.15) is 6.29 Å². The summed E-state index contributed by atoms with van der Waals surface area (Å²) in [4.78, 5) is 15.2. The number of aldehydes is 1. The summed E-state index contributed by atoms with van der Waals surface area (Å²) < 4.78 is 0. The second kappa shape index (κ2) is 4.86. The molecule has 0 fully saturated rings. The Kier molecular flexibility index (Phi) is 3.46. The smallest absolute Gasteiger partial charge is 0.150 e. The lowest BCUT2D eigenvalue weighted by molar-refractivity contribution is 0.112. The molecule has 2 aromatic rings. The molecule has 0 atom stereocenters. The van der Waals surface area contributed by atoms with Gasteiger partial charge in [0.25, 0.3) is 0 Å². The fraction of sp³-hybridized carbons (Fsp3) is 0.0769. The van der Waals surface area contributed by atoms with Crippen LogP contribution in [0, 0.1) is 6.92 Å². The van der Waals surface area contributed by atoms with Crippen molar-refractivity contribution in [2.24, 2.45) is 0 Å². The molecule has 0 N–H and O–H groups in total. The van der Waals surface area contributed by atoms with Gasteiger partial charge in [0.15, 0.2) is 0 Å². The highest BCUT2D eigenvalue weighted by Crippen LogP contribution is 2.33. The Balaban J connectivity index is 2.68. The van der Waals surface area contributed by atoms with Crippen molar-refractivity contribution in [2.45, 2.75) is 6.92 Å². The summed E-state index contributed by atoms with van der Waals surface area (Å²) in [5.74, 6) is 0. The summed E-state index contributed by atoms with van der Waals surface area (Å²) in [6, 6.07) is 8.64. The molecule has 0 aliphatic rings. The van der Waals surface area contributed by atoms with E-state index < -0.39 is 0 Å². The van der Waals surface area contributed by atoms with Gasteiger partial charge in [-0.25, -0.2) is 0 Å². The van der Waals surface area contributed by atoms with Crippen molar-refractivity contribution in [3.63, 3.8) is 0 Å². The molecule has 0 saturated carbocycles. The Labute approximate surface area is 109 Å². The summed E-state index contributed by atoms with van der Waals surface area (Å²) >= 11 is 12.2. The van der Waals surface area contributed by atoms with E-state index in [0.29, 0.717) is 26.9 Å². The van der Waals surface area contributed by atoms with Crippen LogP contribution < -0.4 is 0 Å². The lowest BCUT2D eigenvalue weighted by atomic mass is 10.1. The van der Waals surface area contributed by atoms with Crippen LogP contribution in [0.4, 0.5) is 0 Å². The Hall–Kier alpha value is -1.38. The zero-order chi connectivity index (χ0) is 12.4. The largest absolute Gasteiger partial charge is 0.298 e. The highest BCUT2D eigenvalue weighted by atomic mass is 35.5. The minimum Gasteiger partial charge on any atom is -0.298 e. The fourth-order valence-electron chi connectivity index (χ4n) is 1.63. The van der Waals surface area contributed by atoms with Crippen LogP contribution in [0.5, 0.6) is 0 Å². The molecule has 1 aromatic heterocycles. The predicted octanol–water partition coefficient (Wildman–Crippen LogP) is 4.18. The summed E-state index contributed by atoms with van der Waals surface area (Å²) in [5, 5.41) is 1.04. The molecule has 0 saturated heterocycles. The molecule has 0 amide bonds. The number of carbonyl (C=O) groups is 1. The van der Waals surface area contributed by atoms with Crippen molar-refractivity contribution in [2.75, 3.05) is 0 Å². The first kappa shape index (κ1) is 12.1. The average Bonchev–Trinajstić information content (AvgIpc) is 2.28. The van der Waals surface area contributed by atoms with Crippen molar-refractivity contribution in [1.29, 1.82) is 0 Å². The molecule has 0 bridgehead atoms. The van der Waals surface area contributed by atoms with Crippen LogP contribution in [-0.4, -0.2) is 11.3 Å². The number of carbonyl (C=O) groups excluding carboxylic acids is 1. The first-order valence-electron chi connectivity index (χ1n) is 5.00. The van der Waals surface area contributed by atoms with E-state index in [9.17, 15) is 4.79 Å². The first-order valence-corrected chi connectivity index (χ1v) is 5.75. The maximum absolute atomic E-state index is 10.8. The van der Waals surface area contributed by atoms with Gasteiger partial charge in [-0.15, -0.1) is 0 Å². The van der Waals surface area contributed by atoms with Crippen molar-refractivity contribution in [3.05, 3.63) is 51.6 Å². The van der Waals surface area contributed by atoms with Crippen LogP contribution in [0.2, 0.25) is 10.0 Å². The zero-order valence-corrected chi connectivity index (χ0v) is 10.6. The molecule has 17 heavy (non-hydrogen) atoms. The quantitative estimate of drug-likeness (QED) is 0.763. The average molecular weight is 266 g/mol. The Morgan fingerprint density at radius 2 is 1.82 bits per heavy atom. The number of hydrogen-bond donors (Lipinski definition) is 0. The van der Waals surface area contributed by atoms with Crippen LogP contribution >= 0.6 is 23.2 Å². The number of pyridine rings is 1. The molecule has 2 rings (SSSR count). The Bertz CT molecular complexity index is 561. The maximum Gasteiger partial charge on any atom is 0.150 e. The van der Waals surface area contributed by atoms with Crippen LogP contribution in [0.3, 0.4) is 0 Å². The molecule has 0 unspecified atom stereocenters. The van der Waals surface area contributed by atoms with Crippen molar-refractivity contribution < 1.29 is 4.79 Å². The molecule has 0 aliphatic heterocycles. The van der Waals surface area contributed by atoms with Gasteiger partial charge in [0.05, 0.1) is 15.7 Å². The first-order chi connectivity index (χ1) is 8.11. The van der Waals surface area contributed by atoms with Gasteiger partial charge in [-0.1, -0.05) is 29.3 Å². The van der Waals surface area contributed by atoms with E-state index in [1.54, 1.807) is 30.3 Å². The van der Waals surface area contributed by atoms with E-state index in [4.69, 9.17) is 23.2 Å². The number of hydrogen-bond acceptors (Lipinski definition) is 2.